The molecular weight excluding hydrogens is 374 g/mol. The molecule has 2 bridgehead atoms. The van der Waals surface area contributed by atoms with Gasteiger partial charge in [0.05, 0.1) is 34.9 Å². The fourth-order valence-corrected chi connectivity index (χ4v) is 5.70. The van der Waals surface area contributed by atoms with Crippen molar-refractivity contribution in [2.45, 2.75) is 56.5 Å². The van der Waals surface area contributed by atoms with Gasteiger partial charge in [-0.2, -0.15) is 10.2 Å². The number of hydrogen-bond acceptors (Lipinski definition) is 3. The highest BCUT2D eigenvalue weighted by molar-refractivity contribution is 5.96. The van der Waals surface area contributed by atoms with E-state index in [-0.39, 0.29) is 18.0 Å². The Hall–Kier alpha value is -2.89. The molecule has 4 heterocycles. The number of rotatable bonds is 3. The zero-order valence-corrected chi connectivity index (χ0v) is 17.6. The van der Waals surface area contributed by atoms with Crippen LogP contribution in [0.5, 0.6) is 0 Å². The Labute approximate surface area is 176 Å². The molecule has 6 rings (SSSR count). The van der Waals surface area contributed by atoms with E-state index >= 15 is 0 Å². The summed E-state index contributed by atoms with van der Waals surface area (Å²) in [6, 6.07) is 10.8. The van der Waals surface area contributed by atoms with Gasteiger partial charge in [-0.1, -0.05) is 30.3 Å². The summed E-state index contributed by atoms with van der Waals surface area (Å²) < 4.78 is 3.92. The second-order valence-corrected chi connectivity index (χ2v) is 9.06. The highest BCUT2D eigenvalue weighted by Gasteiger charge is 2.45. The molecule has 0 radical (unpaired) electrons. The molecule has 154 valence electrons. The van der Waals surface area contributed by atoms with Crippen LogP contribution in [0.25, 0.3) is 11.3 Å². The lowest BCUT2D eigenvalue weighted by Crippen LogP contribution is -2.50. The van der Waals surface area contributed by atoms with Gasteiger partial charge < -0.3 is 4.90 Å². The highest BCUT2D eigenvalue weighted by atomic mass is 16.2. The van der Waals surface area contributed by atoms with E-state index in [4.69, 9.17) is 5.10 Å². The van der Waals surface area contributed by atoms with Gasteiger partial charge >= 0.3 is 0 Å². The third-order valence-corrected chi connectivity index (χ3v) is 7.14. The molecule has 0 spiro atoms. The van der Waals surface area contributed by atoms with Crippen molar-refractivity contribution in [2.24, 2.45) is 14.1 Å². The first-order chi connectivity index (χ1) is 14.6. The summed E-state index contributed by atoms with van der Waals surface area (Å²) in [4.78, 5) is 15.9. The Bertz CT molecular complexity index is 1120. The van der Waals surface area contributed by atoms with E-state index < -0.39 is 0 Å². The minimum Gasteiger partial charge on any atom is -0.327 e. The molecule has 30 heavy (non-hydrogen) atoms. The fraction of sp³-hybridized carbons (Fsp3) is 0.458. The van der Waals surface area contributed by atoms with Gasteiger partial charge in [-0.15, -0.1) is 0 Å². The molecule has 0 N–H and O–H groups in total. The van der Waals surface area contributed by atoms with E-state index in [0.717, 1.165) is 55.5 Å². The van der Waals surface area contributed by atoms with Crippen molar-refractivity contribution in [1.29, 1.82) is 0 Å². The smallest absolute Gasteiger partial charge is 0.258 e. The fourth-order valence-electron chi connectivity index (χ4n) is 5.70. The van der Waals surface area contributed by atoms with Crippen molar-refractivity contribution in [3.05, 3.63) is 59.0 Å². The lowest BCUT2D eigenvalue weighted by atomic mass is 9.81. The molecule has 2 aromatic heterocycles. The minimum absolute atomic E-state index is 0.0657. The highest BCUT2D eigenvalue weighted by Crippen LogP contribution is 2.46. The van der Waals surface area contributed by atoms with Gasteiger partial charge in [-0.25, -0.2) is 0 Å². The predicted molar refractivity (Wildman–Crippen MR) is 114 cm³/mol. The van der Waals surface area contributed by atoms with Gasteiger partial charge in [0, 0.05) is 37.2 Å². The second-order valence-electron chi connectivity index (χ2n) is 9.06. The van der Waals surface area contributed by atoms with E-state index in [0.29, 0.717) is 5.92 Å². The maximum absolute atomic E-state index is 13.8. The molecule has 3 aliphatic rings. The summed E-state index contributed by atoms with van der Waals surface area (Å²) in [6.45, 7) is 0. The molecule has 6 heteroatoms. The number of carbonyl (C=O) groups is 1. The van der Waals surface area contributed by atoms with Crippen LogP contribution in [0.2, 0.25) is 0 Å². The number of fused-ring (bicyclic) bond motifs is 4. The lowest BCUT2D eigenvalue weighted by Gasteiger charge is -2.45. The SMILES string of the molecule is Cn1nc2c(c1-c1ccccc1)C[C@H]1CCC[C@@H]2N1C(=O)c1cnn(C)c1C1CC1. The van der Waals surface area contributed by atoms with E-state index in [1.807, 2.05) is 29.5 Å². The Kier molecular flexibility index (Phi) is 3.92. The van der Waals surface area contributed by atoms with E-state index in [1.165, 1.54) is 16.8 Å². The number of benzene rings is 1. The summed E-state index contributed by atoms with van der Waals surface area (Å²) >= 11 is 0. The molecule has 6 nitrogen and oxygen atoms in total. The quantitative estimate of drug-likeness (QED) is 0.667. The number of hydrogen-bond donors (Lipinski definition) is 0. The monoisotopic (exact) mass is 401 g/mol. The molecule has 3 aromatic rings. The first kappa shape index (κ1) is 17.9. The zero-order chi connectivity index (χ0) is 20.4. The van der Waals surface area contributed by atoms with Gasteiger partial charge in [0.25, 0.3) is 5.91 Å². The molecule has 1 saturated carbocycles. The Morgan fingerprint density at radius 2 is 1.83 bits per heavy atom. The van der Waals surface area contributed by atoms with Gasteiger partial charge in [0.1, 0.15) is 0 Å². The standard InChI is InChI=1S/C24H27N5O/c1-27-23(16-11-12-16)19(14-25-27)24(30)29-17-9-6-10-20(29)21-18(13-17)22(28(2)26-21)15-7-4-3-5-8-15/h3-5,7-8,14,16-17,20H,6,9-13H2,1-2H3/t17-,20+/m1/s1. The van der Waals surface area contributed by atoms with Crippen molar-refractivity contribution < 1.29 is 4.79 Å². The van der Waals surface area contributed by atoms with E-state index in [1.54, 1.807) is 6.20 Å². The first-order valence-electron chi connectivity index (χ1n) is 11.1. The van der Waals surface area contributed by atoms with Crippen molar-refractivity contribution in [2.75, 3.05) is 0 Å². The maximum Gasteiger partial charge on any atom is 0.258 e. The summed E-state index contributed by atoms with van der Waals surface area (Å²) in [5, 5.41) is 9.39. The van der Waals surface area contributed by atoms with Crippen LogP contribution in [0, 0.1) is 0 Å². The molecule has 1 amide bonds. The normalized spacial score (nSPS) is 22.8. The van der Waals surface area contributed by atoms with Gasteiger partial charge in [-0.05, 0) is 38.5 Å². The topological polar surface area (TPSA) is 56.0 Å². The van der Waals surface area contributed by atoms with Gasteiger partial charge in [0.2, 0.25) is 0 Å². The third kappa shape index (κ3) is 2.59. The summed E-state index contributed by atoms with van der Waals surface area (Å²) in [5.41, 5.74) is 6.76. The maximum atomic E-state index is 13.8. The Morgan fingerprint density at radius 1 is 1.03 bits per heavy atom. The number of aromatic nitrogens is 4. The van der Waals surface area contributed by atoms with Crippen LogP contribution < -0.4 is 0 Å². The zero-order valence-electron chi connectivity index (χ0n) is 17.6. The van der Waals surface area contributed by atoms with Crippen LogP contribution in [-0.2, 0) is 20.5 Å². The van der Waals surface area contributed by atoms with Crippen molar-refractivity contribution in [3.8, 4) is 11.3 Å². The molecule has 0 unspecified atom stereocenters. The summed E-state index contributed by atoms with van der Waals surface area (Å²) in [6.07, 6.45) is 8.19. The van der Waals surface area contributed by atoms with Crippen LogP contribution >= 0.6 is 0 Å². The minimum atomic E-state index is 0.0657. The van der Waals surface area contributed by atoms with Crippen LogP contribution in [0.3, 0.4) is 0 Å². The molecule has 2 fully saturated rings. The summed E-state index contributed by atoms with van der Waals surface area (Å²) in [7, 11) is 3.99. The molecule has 1 saturated heterocycles. The Balaban J connectivity index is 1.43. The average molecular weight is 402 g/mol. The third-order valence-electron chi connectivity index (χ3n) is 7.14. The van der Waals surface area contributed by atoms with Crippen molar-refractivity contribution in [3.63, 3.8) is 0 Å². The number of amides is 1. The van der Waals surface area contributed by atoms with Crippen LogP contribution in [0.4, 0.5) is 0 Å². The average Bonchev–Trinajstić information content (AvgIpc) is 3.43. The molecule has 2 aliphatic heterocycles. The second kappa shape index (κ2) is 6.56. The lowest BCUT2D eigenvalue weighted by molar-refractivity contribution is 0.0390. The van der Waals surface area contributed by atoms with Crippen LogP contribution in [0.15, 0.2) is 36.5 Å². The van der Waals surface area contributed by atoms with Crippen LogP contribution in [0.1, 0.15) is 71.4 Å². The van der Waals surface area contributed by atoms with Gasteiger partial charge in [0.15, 0.2) is 0 Å². The summed E-state index contributed by atoms with van der Waals surface area (Å²) in [5.74, 6) is 0.647. The van der Waals surface area contributed by atoms with E-state index in [2.05, 4.69) is 34.3 Å². The molecule has 2 atom stereocenters. The van der Waals surface area contributed by atoms with Gasteiger partial charge in [-0.3, -0.25) is 14.2 Å². The molecule has 1 aromatic carbocycles. The number of piperidine rings is 1. The molecular formula is C24H27N5O. The number of nitrogens with zero attached hydrogens (tertiary/aromatic N) is 5. The van der Waals surface area contributed by atoms with E-state index in [9.17, 15) is 4.79 Å². The predicted octanol–water partition coefficient (Wildman–Crippen LogP) is 3.99. The molecule has 1 aliphatic carbocycles. The largest absolute Gasteiger partial charge is 0.327 e. The van der Waals surface area contributed by atoms with Crippen molar-refractivity contribution >= 4 is 5.91 Å². The number of carbonyl (C=O) groups excluding carboxylic acids is 1. The number of aryl methyl sites for hydroxylation is 2. The van der Waals surface area contributed by atoms with Crippen molar-refractivity contribution in [1.82, 2.24) is 24.5 Å². The Morgan fingerprint density at radius 3 is 2.60 bits per heavy atom. The van der Waals surface area contributed by atoms with Crippen LogP contribution in [-0.4, -0.2) is 36.4 Å². The first-order valence-corrected chi connectivity index (χ1v) is 11.1.